The molecule has 1 aromatic carbocycles. The highest BCUT2D eigenvalue weighted by Gasteiger charge is 2.54. The number of aryl methyl sites for hydroxylation is 2. The number of fused-ring (bicyclic) bond motifs is 3. The minimum absolute atomic E-state index is 0.0126. The van der Waals surface area contributed by atoms with Crippen LogP contribution in [0.25, 0.3) is 21.9 Å². The van der Waals surface area contributed by atoms with Gasteiger partial charge in [0.15, 0.2) is 5.79 Å². The molecule has 0 spiro atoms. The average molecular weight is 500 g/mol. The summed E-state index contributed by atoms with van der Waals surface area (Å²) in [6, 6.07) is 13.6. The molecule has 4 aromatic rings. The van der Waals surface area contributed by atoms with E-state index < -0.39 is 5.79 Å². The highest BCUT2D eigenvalue weighted by molar-refractivity contribution is 5.81. The fourth-order valence-electron chi connectivity index (χ4n) is 6.23. The third kappa shape index (κ3) is 4.59. The van der Waals surface area contributed by atoms with Gasteiger partial charge in [0.1, 0.15) is 23.9 Å². The number of nitrogens with zero attached hydrogens (tertiary/aromatic N) is 4. The van der Waals surface area contributed by atoms with Crippen LogP contribution in [0.1, 0.15) is 64.8 Å². The van der Waals surface area contributed by atoms with Crippen LogP contribution in [0, 0.1) is 5.92 Å². The van der Waals surface area contributed by atoms with Crippen molar-refractivity contribution >= 4 is 27.8 Å². The lowest BCUT2D eigenvalue weighted by Gasteiger charge is -2.24. The monoisotopic (exact) mass is 499 g/mol. The van der Waals surface area contributed by atoms with Crippen molar-refractivity contribution in [1.82, 2.24) is 19.5 Å². The van der Waals surface area contributed by atoms with E-state index in [1.54, 1.807) is 6.33 Å². The van der Waals surface area contributed by atoms with E-state index in [1.165, 1.54) is 10.9 Å². The lowest BCUT2D eigenvalue weighted by atomic mass is 9.95. The molecule has 7 nitrogen and oxygen atoms in total. The zero-order chi connectivity index (χ0) is 25.7. The molecule has 6 rings (SSSR count). The van der Waals surface area contributed by atoms with Gasteiger partial charge in [-0.3, -0.25) is 0 Å². The normalized spacial score (nSPS) is 24.8. The van der Waals surface area contributed by atoms with E-state index in [-0.39, 0.29) is 18.2 Å². The maximum absolute atomic E-state index is 6.50. The van der Waals surface area contributed by atoms with Gasteiger partial charge in [-0.15, -0.1) is 0 Å². The van der Waals surface area contributed by atoms with Crippen LogP contribution >= 0.6 is 0 Å². The number of benzene rings is 1. The van der Waals surface area contributed by atoms with Crippen LogP contribution < -0.4 is 5.32 Å². The van der Waals surface area contributed by atoms with Crippen molar-refractivity contribution in [1.29, 1.82) is 0 Å². The number of rotatable bonds is 7. The Kier molecular flexibility index (Phi) is 6.16. The molecule has 0 unspecified atom stereocenters. The van der Waals surface area contributed by atoms with E-state index >= 15 is 0 Å². The summed E-state index contributed by atoms with van der Waals surface area (Å²) in [7, 11) is 0. The molecule has 0 amide bonds. The average Bonchev–Trinajstić information content (AvgIpc) is 3.52. The maximum atomic E-state index is 6.50. The van der Waals surface area contributed by atoms with Gasteiger partial charge in [0.2, 0.25) is 0 Å². The predicted molar refractivity (Wildman–Crippen MR) is 147 cm³/mol. The molecule has 1 saturated carbocycles. The first-order valence-corrected chi connectivity index (χ1v) is 13.6. The Balaban J connectivity index is 1.24. The Morgan fingerprint density at radius 1 is 1.08 bits per heavy atom. The lowest BCUT2D eigenvalue weighted by Crippen LogP contribution is -2.27. The Morgan fingerprint density at radius 2 is 1.89 bits per heavy atom. The van der Waals surface area contributed by atoms with E-state index in [4.69, 9.17) is 14.5 Å². The van der Waals surface area contributed by atoms with Crippen molar-refractivity contribution in [2.24, 2.45) is 5.92 Å². The van der Waals surface area contributed by atoms with Gasteiger partial charge in [-0.25, -0.2) is 15.0 Å². The van der Waals surface area contributed by atoms with Gasteiger partial charge in [-0.2, -0.15) is 0 Å². The van der Waals surface area contributed by atoms with Crippen molar-refractivity contribution in [2.75, 3.05) is 5.32 Å². The van der Waals surface area contributed by atoms with Gasteiger partial charge in [0, 0.05) is 23.0 Å². The molecule has 1 N–H and O–H groups in total. The first-order chi connectivity index (χ1) is 17.8. The Labute approximate surface area is 218 Å². The Hall–Kier alpha value is -3.03. The Bertz CT molecular complexity index is 1430. The number of pyridine rings is 1. The topological polar surface area (TPSA) is 74.1 Å². The molecular formula is C30H37N5O2. The summed E-state index contributed by atoms with van der Waals surface area (Å²) < 4.78 is 15.3. The number of nitrogens with one attached hydrogen (secondary N) is 1. The van der Waals surface area contributed by atoms with E-state index in [1.807, 2.05) is 13.8 Å². The van der Waals surface area contributed by atoms with Crippen molar-refractivity contribution in [3.05, 3.63) is 60.2 Å². The van der Waals surface area contributed by atoms with Gasteiger partial charge >= 0.3 is 0 Å². The fraction of sp³-hybridized carbons (Fsp3) is 0.500. The molecular weight excluding hydrogens is 462 g/mol. The van der Waals surface area contributed by atoms with Gasteiger partial charge in [0.05, 0.1) is 23.4 Å². The largest absolute Gasteiger partial charge is 0.368 e. The SMILES string of the molecule is CCc1ncnc2c1ccn2[C@@H]1C[C@H](CCc2ccc3ccc(NC(C)C)nc3c2)[C@H]2OC(C)(C)O[C@H]21. The van der Waals surface area contributed by atoms with Crippen LogP contribution in [0.3, 0.4) is 0 Å². The molecule has 1 aliphatic carbocycles. The molecule has 7 heteroatoms. The van der Waals surface area contributed by atoms with Crippen LogP contribution in [0.4, 0.5) is 5.82 Å². The molecule has 0 radical (unpaired) electrons. The molecule has 2 fully saturated rings. The van der Waals surface area contributed by atoms with Gasteiger partial charge in [-0.1, -0.05) is 19.1 Å². The van der Waals surface area contributed by atoms with Crippen LogP contribution in [-0.2, 0) is 22.3 Å². The van der Waals surface area contributed by atoms with Gasteiger partial charge in [-0.05, 0) is 89.1 Å². The number of anilines is 1. The molecule has 4 atom stereocenters. The molecule has 194 valence electrons. The summed E-state index contributed by atoms with van der Waals surface area (Å²) in [4.78, 5) is 14.0. The summed E-state index contributed by atoms with van der Waals surface area (Å²) in [5.41, 5.74) is 4.44. The second kappa shape index (κ2) is 9.37. The second-order valence-corrected chi connectivity index (χ2v) is 11.3. The molecule has 37 heavy (non-hydrogen) atoms. The van der Waals surface area contributed by atoms with Crippen LogP contribution in [0.2, 0.25) is 0 Å². The highest BCUT2D eigenvalue weighted by Crippen LogP contribution is 2.49. The van der Waals surface area contributed by atoms with E-state index in [9.17, 15) is 0 Å². The van der Waals surface area contributed by atoms with Crippen molar-refractivity contribution in [3.63, 3.8) is 0 Å². The number of ether oxygens (including phenoxy) is 2. The van der Waals surface area contributed by atoms with E-state index in [2.05, 4.69) is 83.2 Å². The van der Waals surface area contributed by atoms with Crippen LogP contribution in [0.5, 0.6) is 0 Å². The molecule has 0 bridgehead atoms. The van der Waals surface area contributed by atoms with Crippen molar-refractivity contribution < 1.29 is 9.47 Å². The number of hydrogen-bond acceptors (Lipinski definition) is 6. The van der Waals surface area contributed by atoms with Crippen molar-refractivity contribution in [3.8, 4) is 0 Å². The minimum atomic E-state index is -0.578. The highest BCUT2D eigenvalue weighted by atomic mass is 16.8. The smallest absolute Gasteiger partial charge is 0.163 e. The number of aromatic nitrogens is 4. The zero-order valence-electron chi connectivity index (χ0n) is 22.4. The zero-order valence-corrected chi connectivity index (χ0v) is 22.4. The standard InChI is InChI=1S/C30H37N5O2/c1-6-23-22-13-14-35(29(22)32-17-31-23)25-16-21(27-28(25)37-30(4,5)36-27)10-8-19-7-9-20-11-12-26(33-18(2)3)34-24(20)15-19/h7,9,11-15,17-18,21,25,27-28H,6,8,10,16H2,1-5H3,(H,33,34)/t21-,25+,27+,28-/m0/s1. The Morgan fingerprint density at radius 3 is 2.70 bits per heavy atom. The lowest BCUT2D eigenvalue weighted by molar-refractivity contribution is -0.160. The van der Waals surface area contributed by atoms with Crippen LogP contribution in [-0.4, -0.2) is 43.6 Å². The fourth-order valence-corrected chi connectivity index (χ4v) is 6.23. The maximum Gasteiger partial charge on any atom is 0.163 e. The van der Waals surface area contributed by atoms with E-state index in [0.717, 1.165) is 53.7 Å². The summed E-state index contributed by atoms with van der Waals surface area (Å²) in [5.74, 6) is 0.749. The molecule has 1 aliphatic heterocycles. The molecule has 2 aliphatic rings. The minimum Gasteiger partial charge on any atom is -0.368 e. The quantitative estimate of drug-likeness (QED) is 0.332. The summed E-state index contributed by atoms with van der Waals surface area (Å²) in [6.07, 6.45) is 7.87. The molecule has 1 saturated heterocycles. The second-order valence-electron chi connectivity index (χ2n) is 11.3. The van der Waals surface area contributed by atoms with Crippen LogP contribution in [0.15, 0.2) is 48.9 Å². The third-order valence-corrected chi connectivity index (χ3v) is 7.83. The third-order valence-electron chi connectivity index (χ3n) is 7.83. The van der Waals surface area contributed by atoms with Crippen molar-refractivity contribution in [2.45, 2.75) is 90.4 Å². The first-order valence-electron chi connectivity index (χ1n) is 13.6. The molecule has 3 aromatic heterocycles. The summed E-state index contributed by atoms with van der Waals surface area (Å²) >= 11 is 0. The molecule has 4 heterocycles. The first kappa shape index (κ1) is 24.3. The van der Waals surface area contributed by atoms with Gasteiger partial charge < -0.3 is 19.4 Å². The van der Waals surface area contributed by atoms with E-state index in [0.29, 0.717) is 12.0 Å². The predicted octanol–water partition coefficient (Wildman–Crippen LogP) is 6.08. The van der Waals surface area contributed by atoms with Gasteiger partial charge in [0.25, 0.3) is 0 Å². The summed E-state index contributed by atoms with van der Waals surface area (Å²) in [5, 5.41) is 5.72. The number of hydrogen-bond donors (Lipinski definition) is 1. The summed E-state index contributed by atoms with van der Waals surface area (Å²) in [6.45, 7) is 10.5.